The third kappa shape index (κ3) is 3.84. The summed E-state index contributed by atoms with van der Waals surface area (Å²) >= 11 is 0. The molecule has 7 nitrogen and oxygen atoms in total. The molecule has 1 aromatic heterocycles. The summed E-state index contributed by atoms with van der Waals surface area (Å²) in [5.41, 5.74) is 0.585. The van der Waals surface area contributed by atoms with E-state index in [-0.39, 0.29) is 17.8 Å². The molecule has 138 valence electrons. The van der Waals surface area contributed by atoms with Gasteiger partial charge in [-0.2, -0.15) is 0 Å². The van der Waals surface area contributed by atoms with Crippen molar-refractivity contribution in [2.24, 2.45) is 0 Å². The number of aromatic nitrogens is 2. The van der Waals surface area contributed by atoms with Crippen molar-refractivity contribution in [1.82, 2.24) is 25.1 Å². The summed E-state index contributed by atoms with van der Waals surface area (Å²) < 4.78 is 15.2. The second kappa shape index (κ2) is 7.99. The fourth-order valence-corrected chi connectivity index (χ4v) is 3.10. The Labute approximate surface area is 151 Å². The molecule has 1 aliphatic heterocycles. The van der Waals surface area contributed by atoms with E-state index in [1.54, 1.807) is 6.20 Å². The number of nitrogens with one attached hydrogen (secondary N) is 2. The smallest absolute Gasteiger partial charge is 0.318 e. The lowest BCUT2D eigenvalue weighted by molar-refractivity contribution is -0.127. The van der Waals surface area contributed by atoms with Crippen molar-refractivity contribution in [1.29, 1.82) is 0 Å². The molecule has 0 spiro atoms. The molecule has 0 radical (unpaired) electrons. The lowest BCUT2D eigenvalue weighted by Crippen LogP contribution is -2.55. The average molecular weight is 359 g/mol. The molecular formula is C18H22FN5O2. The molecule has 1 fully saturated rings. The zero-order valence-electron chi connectivity index (χ0n) is 14.6. The first-order chi connectivity index (χ1) is 12.6. The zero-order chi connectivity index (χ0) is 18.5. The van der Waals surface area contributed by atoms with E-state index in [1.165, 1.54) is 29.2 Å². The third-order valence-electron chi connectivity index (χ3n) is 4.41. The molecule has 1 aliphatic rings. The van der Waals surface area contributed by atoms with Crippen molar-refractivity contribution in [3.63, 3.8) is 0 Å². The van der Waals surface area contributed by atoms with Gasteiger partial charge in [-0.15, -0.1) is 0 Å². The minimum absolute atomic E-state index is 0.263. The number of imidazole rings is 1. The van der Waals surface area contributed by atoms with Gasteiger partial charge in [-0.05, 0) is 17.7 Å². The molecule has 1 atom stereocenters. The number of hydrogen-bond acceptors (Lipinski definition) is 3. The first-order valence-electron chi connectivity index (χ1n) is 8.67. The first kappa shape index (κ1) is 17.9. The molecule has 8 heteroatoms. The Bertz CT molecular complexity index is 774. The minimum atomic E-state index is -0.760. The van der Waals surface area contributed by atoms with Crippen LogP contribution in [0.5, 0.6) is 0 Å². The topological polar surface area (TPSA) is 79.3 Å². The summed E-state index contributed by atoms with van der Waals surface area (Å²) in [5, 5.41) is 5.61. The maximum atomic E-state index is 13.2. The predicted octanol–water partition coefficient (Wildman–Crippen LogP) is 1.47. The SMILES string of the molecule is CCc1nccn1CCNC(=O)N1CCNC(=O)[C@H]1c1ccc(F)cc1. The van der Waals surface area contributed by atoms with Crippen LogP contribution in [0.4, 0.5) is 9.18 Å². The van der Waals surface area contributed by atoms with Gasteiger partial charge in [-0.1, -0.05) is 19.1 Å². The van der Waals surface area contributed by atoms with Gasteiger partial charge in [0.15, 0.2) is 0 Å². The van der Waals surface area contributed by atoms with Gasteiger partial charge < -0.3 is 20.1 Å². The molecule has 1 aromatic carbocycles. The quantitative estimate of drug-likeness (QED) is 0.848. The molecule has 0 bridgehead atoms. The number of amides is 3. The Hall–Kier alpha value is -2.90. The van der Waals surface area contributed by atoms with Gasteiger partial charge in [0.1, 0.15) is 17.7 Å². The van der Waals surface area contributed by atoms with E-state index in [2.05, 4.69) is 15.6 Å². The fourth-order valence-electron chi connectivity index (χ4n) is 3.10. The zero-order valence-corrected chi connectivity index (χ0v) is 14.6. The highest BCUT2D eigenvalue weighted by molar-refractivity contribution is 5.89. The fraction of sp³-hybridized carbons (Fsp3) is 0.389. The number of urea groups is 1. The van der Waals surface area contributed by atoms with Gasteiger partial charge in [-0.3, -0.25) is 4.79 Å². The van der Waals surface area contributed by atoms with E-state index >= 15 is 0 Å². The number of piperazine rings is 1. The highest BCUT2D eigenvalue weighted by Crippen LogP contribution is 2.23. The van der Waals surface area contributed by atoms with Crippen LogP contribution >= 0.6 is 0 Å². The van der Waals surface area contributed by atoms with Gasteiger partial charge in [0, 0.05) is 45.0 Å². The number of hydrogen-bond donors (Lipinski definition) is 2. The summed E-state index contributed by atoms with van der Waals surface area (Å²) in [6.45, 7) is 3.85. The molecular weight excluding hydrogens is 337 g/mol. The summed E-state index contributed by atoms with van der Waals surface area (Å²) in [6, 6.07) is 4.57. The molecule has 0 aliphatic carbocycles. The van der Waals surface area contributed by atoms with E-state index < -0.39 is 6.04 Å². The van der Waals surface area contributed by atoms with Crippen molar-refractivity contribution >= 4 is 11.9 Å². The highest BCUT2D eigenvalue weighted by Gasteiger charge is 2.34. The van der Waals surface area contributed by atoms with Gasteiger partial charge in [-0.25, -0.2) is 14.2 Å². The van der Waals surface area contributed by atoms with E-state index in [9.17, 15) is 14.0 Å². The second-order valence-electron chi connectivity index (χ2n) is 6.06. The minimum Gasteiger partial charge on any atom is -0.352 e. The Kier molecular flexibility index (Phi) is 5.50. The van der Waals surface area contributed by atoms with Crippen molar-refractivity contribution in [2.45, 2.75) is 25.9 Å². The van der Waals surface area contributed by atoms with Crippen LogP contribution in [0, 0.1) is 5.82 Å². The number of aryl methyl sites for hydroxylation is 1. The van der Waals surface area contributed by atoms with Crippen molar-refractivity contribution in [3.05, 3.63) is 53.9 Å². The Balaban J connectivity index is 1.65. The number of nitrogens with zero attached hydrogens (tertiary/aromatic N) is 3. The van der Waals surface area contributed by atoms with E-state index in [0.717, 1.165) is 12.2 Å². The van der Waals surface area contributed by atoms with Crippen molar-refractivity contribution in [3.8, 4) is 0 Å². The maximum absolute atomic E-state index is 13.2. The molecule has 0 unspecified atom stereocenters. The second-order valence-corrected chi connectivity index (χ2v) is 6.06. The average Bonchev–Trinajstić information content (AvgIpc) is 3.10. The maximum Gasteiger partial charge on any atom is 0.318 e. The number of rotatable bonds is 5. The monoisotopic (exact) mass is 359 g/mol. The summed E-state index contributed by atoms with van der Waals surface area (Å²) in [5.74, 6) is 0.315. The van der Waals surface area contributed by atoms with E-state index in [0.29, 0.717) is 31.7 Å². The van der Waals surface area contributed by atoms with Gasteiger partial charge in [0.05, 0.1) is 0 Å². The number of halogens is 1. The molecule has 26 heavy (non-hydrogen) atoms. The van der Waals surface area contributed by atoms with Crippen LogP contribution in [-0.4, -0.2) is 46.0 Å². The molecule has 3 amide bonds. The molecule has 2 aromatic rings. The van der Waals surface area contributed by atoms with Crippen LogP contribution in [0.15, 0.2) is 36.7 Å². The normalized spacial score (nSPS) is 17.1. The van der Waals surface area contributed by atoms with E-state index in [4.69, 9.17) is 0 Å². The Morgan fingerprint density at radius 2 is 2.15 bits per heavy atom. The third-order valence-corrected chi connectivity index (χ3v) is 4.41. The standard InChI is InChI=1S/C18H22FN5O2/c1-2-15-20-7-10-23(15)11-8-22-18(26)24-12-9-21-17(25)16(24)13-3-5-14(19)6-4-13/h3-7,10,16H,2,8-9,11-12H2,1H3,(H,21,25)(H,22,26)/t16-/m1/s1. The summed E-state index contributed by atoms with van der Waals surface area (Å²) in [7, 11) is 0. The number of benzene rings is 1. The predicted molar refractivity (Wildman–Crippen MR) is 93.9 cm³/mol. The van der Waals surface area contributed by atoms with Crippen LogP contribution in [0.1, 0.15) is 24.4 Å². The molecule has 2 heterocycles. The molecule has 3 rings (SSSR count). The van der Waals surface area contributed by atoms with Crippen molar-refractivity contribution in [2.75, 3.05) is 19.6 Å². The summed E-state index contributed by atoms with van der Waals surface area (Å²) in [4.78, 5) is 30.6. The van der Waals surface area contributed by atoms with Crippen LogP contribution in [0.25, 0.3) is 0 Å². The largest absolute Gasteiger partial charge is 0.352 e. The number of carbonyl (C=O) groups is 2. The lowest BCUT2D eigenvalue weighted by atomic mass is 10.0. The Morgan fingerprint density at radius 3 is 2.88 bits per heavy atom. The molecule has 0 saturated carbocycles. The first-order valence-corrected chi connectivity index (χ1v) is 8.67. The highest BCUT2D eigenvalue weighted by atomic mass is 19.1. The van der Waals surface area contributed by atoms with Crippen LogP contribution in [-0.2, 0) is 17.8 Å². The van der Waals surface area contributed by atoms with Crippen LogP contribution < -0.4 is 10.6 Å². The lowest BCUT2D eigenvalue weighted by Gasteiger charge is -2.35. The van der Waals surface area contributed by atoms with Crippen LogP contribution in [0.2, 0.25) is 0 Å². The van der Waals surface area contributed by atoms with Crippen molar-refractivity contribution < 1.29 is 14.0 Å². The molecule has 2 N–H and O–H groups in total. The Morgan fingerprint density at radius 1 is 1.38 bits per heavy atom. The number of carbonyl (C=O) groups excluding carboxylic acids is 2. The van der Waals surface area contributed by atoms with Gasteiger partial charge >= 0.3 is 6.03 Å². The van der Waals surface area contributed by atoms with E-state index in [1.807, 2.05) is 17.7 Å². The summed E-state index contributed by atoms with van der Waals surface area (Å²) in [6.07, 6.45) is 4.43. The molecule has 1 saturated heterocycles. The van der Waals surface area contributed by atoms with Gasteiger partial charge in [0.2, 0.25) is 5.91 Å². The van der Waals surface area contributed by atoms with Crippen LogP contribution in [0.3, 0.4) is 0 Å². The van der Waals surface area contributed by atoms with Gasteiger partial charge in [0.25, 0.3) is 0 Å².